The Hall–Kier alpha value is -1.81. The molecule has 4 heteroatoms. The zero-order chi connectivity index (χ0) is 13.9. The average Bonchev–Trinajstić information content (AvgIpc) is 2.91. The van der Waals surface area contributed by atoms with Gasteiger partial charge in [-0.05, 0) is 44.9 Å². The lowest BCUT2D eigenvalue weighted by atomic mass is 9.99. The highest BCUT2D eigenvalue weighted by Gasteiger charge is 2.24. The Morgan fingerprint density at radius 3 is 2.75 bits per heavy atom. The number of nitrogens with one attached hydrogen (secondary N) is 1. The van der Waals surface area contributed by atoms with Crippen molar-refractivity contribution in [2.75, 3.05) is 5.32 Å². The number of nitrogens with zero attached hydrogens (tertiary/aromatic N) is 2. The van der Waals surface area contributed by atoms with Crippen LogP contribution >= 0.6 is 0 Å². The van der Waals surface area contributed by atoms with Gasteiger partial charge >= 0.3 is 0 Å². The predicted octanol–water partition coefficient (Wildman–Crippen LogP) is 3.24. The lowest BCUT2D eigenvalue weighted by Gasteiger charge is -2.33. The van der Waals surface area contributed by atoms with E-state index in [-0.39, 0.29) is 0 Å². The van der Waals surface area contributed by atoms with Gasteiger partial charge in [-0.1, -0.05) is 6.07 Å². The highest BCUT2D eigenvalue weighted by atomic mass is 16.5. The van der Waals surface area contributed by atoms with Gasteiger partial charge in [0.2, 0.25) is 0 Å². The monoisotopic (exact) mass is 271 g/mol. The van der Waals surface area contributed by atoms with E-state index in [4.69, 9.17) is 4.74 Å². The van der Waals surface area contributed by atoms with Crippen LogP contribution < -0.4 is 5.32 Å². The number of anilines is 1. The maximum absolute atomic E-state index is 5.78. The Morgan fingerprint density at radius 2 is 2.05 bits per heavy atom. The van der Waals surface area contributed by atoms with Crippen LogP contribution in [-0.2, 0) is 4.74 Å². The molecule has 0 aliphatic carbocycles. The quantitative estimate of drug-likeness (QED) is 0.931. The summed E-state index contributed by atoms with van der Waals surface area (Å²) in [5.74, 6) is 0. The normalized spacial score (nSPS) is 26.4. The van der Waals surface area contributed by atoms with Crippen LogP contribution in [0.25, 0.3) is 5.69 Å². The van der Waals surface area contributed by atoms with E-state index in [9.17, 15) is 0 Å². The first-order valence-electron chi connectivity index (χ1n) is 7.21. The fourth-order valence-corrected chi connectivity index (χ4v) is 2.93. The maximum Gasteiger partial charge on any atom is 0.0991 e. The van der Waals surface area contributed by atoms with E-state index in [1.165, 1.54) is 0 Å². The van der Waals surface area contributed by atoms with E-state index in [2.05, 4.69) is 48.4 Å². The number of hydrogen-bond acceptors (Lipinski definition) is 3. The van der Waals surface area contributed by atoms with Crippen LogP contribution in [0.15, 0.2) is 43.0 Å². The summed E-state index contributed by atoms with van der Waals surface area (Å²) < 4.78 is 7.80. The van der Waals surface area contributed by atoms with Crippen LogP contribution in [0.3, 0.4) is 0 Å². The van der Waals surface area contributed by atoms with E-state index in [0.717, 1.165) is 24.2 Å². The summed E-state index contributed by atoms with van der Waals surface area (Å²) >= 11 is 0. The van der Waals surface area contributed by atoms with Gasteiger partial charge in [0.25, 0.3) is 0 Å². The van der Waals surface area contributed by atoms with Crippen molar-refractivity contribution in [3.63, 3.8) is 0 Å². The van der Waals surface area contributed by atoms with E-state index in [1.807, 2.05) is 17.1 Å². The summed E-state index contributed by atoms with van der Waals surface area (Å²) in [5, 5.41) is 3.63. The van der Waals surface area contributed by atoms with Crippen molar-refractivity contribution in [3.05, 3.63) is 43.0 Å². The average molecular weight is 271 g/mol. The van der Waals surface area contributed by atoms with Crippen molar-refractivity contribution in [1.82, 2.24) is 9.55 Å². The van der Waals surface area contributed by atoms with Gasteiger partial charge in [0, 0.05) is 29.8 Å². The molecule has 1 N–H and O–H groups in total. The lowest BCUT2D eigenvalue weighted by molar-refractivity contribution is -0.0337. The summed E-state index contributed by atoms with van der Waals surface area (Å²) in [5.41, 5.74) is 2.28. The summed E-state index contributed by atoms with van der Waals surface area (Å²) in [6.45, 7) is 4.29. The van der Waals surface area contributed by atoms with Gasteiger partial charge in [0.15, 0.2) is 0 Å². The van der Waals surface area contributed by atoms with Crippen LogP contribution in [0.5, 0.6) is 0 Å². The smallest absolute Gasteiger partial charge is 0.0991 e. The third-order valence-electron chi connectivity index (χ3n) is 3.72. The molecule has 2 unspecified atom stereocenters. The molecule has 0 spiro atoms. The molecule has 0 radical (unpaired) electrons. The van der Waals surface area contributed by atoms with Gasteiger partial charge < -0.3 is 14.6 Å². The van der Waals surface area contributed by atoms with Gasteiger partial charge in [0.1, 0.15) is 0 Å². The SMILES string of the molecule is CC1CC(Nc2cccc(-n3ccnc3)c2)CC(C)O1. The van der Waals surface area contributed by atoms with Gasteiger partial charge in [0.05, 0.1) is 18.5 Å². The molecule has 1 aliphatic rings. The minimum absolute atomic E-state index is 0.327. The Kier molecular flexibility index (Phi) is 3.74. The zero-order valence-electron chi connectivity index (χ0n) is 12.0. The molecule has 0 saturated carbocycles. The molecule has 1 fully saturated rings. The fraction of sp³-hybridized carbons (Fsp3) is 0.438. The van der Waals surface area contributed by atoms with Crippen LogP contribution in [0.2, 0.25) is 0 Å². The van der Waals surface area contributed by atoms with Crippen molar-refractivity contribution in [3.8, 4) is 5.69 Å². The van der Waals surface area contributed by atoms with Crippen LogP contribution in [0.1, 0.15) is 26.7 Å². The number of ether oxygens (including phenoxy) is 1. The molecule has 2 atom stereocenters. The molecule has 4 nitrogen and oxygen atoms in total. The summed E-state index contributed by atoms with van der Waals surface area (Å²) in [6.07, 6.45) is 8.33. The molecule has 0 bridgehead atoms. The van der Waals surface area contributed by atoms with Crippen molar-refractivity contribution in [2.24, 2.45) is 0 Å². The van der Waals surface area contributed by atoms with Gasteiger partial charge in [-0.3, -0.25) is 0 Å². The minimum Gasteiger partial charge on any atom is -0.382 e. The van der Waals surface area contributed by atoms with E-state index in [0.29, 0.717) is 18.2 Å². The first-order chi connectivity index (χ1) is 9.70. The Balaban J connectivity index is 1.73. The van der Waals surface area contributed by atoms with Crippen molar-refractivity contribution >= 4 is 5.69 Å². The summed E-state index contributed by atoms with van der Waals surface area (Å²) in [6, 6.07) is 8.91. The number of benzene rings is 1. The molecule has 1 aromatic carbocycles. The van der Waals surface area contributed by atoms with E-state index >= 15 is 0 Å². The highest BCUT2D eigenvalue weighted by Crippen LogP contribution is 2.23. The molecule has 2 aromatic rings. The van der Waals surface area contributed by atoms with Crippen molar-refractivity contribution in [2.45, 2.75) is 44.9 Å². The maximum atomic E-state index is 5.78. The second-order valence-electron chi connectivity index (χ2n) is 5.59. The van der Waals surface area contributed by atoms with Crippen LogP contribution in [0.4, 0.5) is 5.69 Å². The van der Waals surface area contributed by atoms with E-state index < -0.39 is 0 Å². The molecular formula is C16H21N3O. The first kappa shape index (κ1) is 13.2. The van der Waals surface area contributed by atoms with Crippen LogP contribution in [-0.4, -0.2) is 27.8 Å². The van der Waals surface area contributed by atoms with Crippen LogP contribution in [0, 0.1) is 0 Å². The Labute approximate surface area is 119 Å². The van der Waals surface area contributed by atoms with Crippen molar-refractivity contribution < 1.29 is 4.74 Å². The first-order valence-corrected chi connectivity index (χ1v) is 7.21. The summed E-state index contributed by atoms with van der Waals surface area (Å²) in [7, 11) is 0. The lowest BCUT2D eigenvalue weighted by Crippen LogP contribution is -2.36. The predicted molar refractivity (Wildman–Crippen MR) is 80.2 cm³/mol. The molecule has 106 valence electrons. The third kappa shape index (κ3) is 3.02. The highest BCUT2D eigenvalue weighted by molar-refractivity contribution is 5.51. The molecule has 3 rings (SSSR count). The Morgan fingerprint density at radius 1 is 1.25 bits per heavy atom. The molecule has 2 heterocycles. The molecule has 1 aromatic heterocycles. The summed E-state index contributed by atoms with van der Waals surface area (Å²) in [4.78, 5) is 4.09. The standard InChI is InChI=1S/C16H21N3O/c1-12-8-15(9-13(2)20-12)18-14-4-3-5-16(10-14)19-7-6-17-11-19/h3-7,10-13,15,18H,8-9H2,1-2H3. The third-order valence-corrected chi connectivity index (χ3v) is 3.72. The number of hydrogen-bond donors (Lipinski definition) is 1. The van der Waals surface area contributed by atoms with Gasteiger partial charge in [-0.15, -0.1) is 0 Å². The second kappa shape index (κ2) is 5.67. The molecule has 1 aliphatic heterocycles. The Bertz CT molecular complexity index is 543. The van der Waals surface area contributed by atoms with Gasteiger partial charge in [-0.2, -0.15) is 0 Å². The number of aromatic nitrogens is 2. The molecular weight excluding hydrogens is 250 g/mol. The molecule has 1 saturated heterocycles. The largest absolute Gasteiger partial charge is 0.382 e. The zero-order valence-corrected chi connectivity index (χ0v) is 12.0. The second-order valence-corrected chi connectivity index (χ2v) is 5.59. The van der Waals surface area contributed by atoms with Gasteiger partial charge in [-0.25, -0.2) is 4.98 Å². The topological polar surface area (TPSA) is 39.1 Å². The number of imidazole rings is 1. The number of rotatable bonds is 3. The van der Waals surface area contributed by atoms with Crippen molar-refractivity contribution in [1.29, 1.82) is 0 Å². The fourth-order valence-electron chi connectivity index (χ4n) is 2.93. The minimum atomic E-state index is 0.327. The molecule has 0 amide bonds. The van der Waals surface area contributed by atoms with E-state index in [1.54, 1.807) is 6.20 Å². The molecule has 20 heavy (non-hydrogen) atoms.